The van der Waals surface area contributed by atoms with Crippen LogP contribution in [0.5, 0.6) is 0 Å². The molecule has 3 aromatic carbocycles. The van der Waals surface area contributed by atoms with Gasteiger partial charge < -0.3 is 4.57 Å². The molecule has 5 nitrogen and oxygen atoms in total. The smallest absolute Gasteiger partial charge is 0.282 e. The van der Waals surface area contributed by atoms with E-state index in [0.29, 0.717) is 39.7 Å². The lowest BCUT2D eigenvalue weighted by Crippen LogP contribution is -2.22. The third-order valence-electron chi connectivity index (χ3n) is 6.12. The molecule has 0 saturated carbocycles. The summed E-state index contributed by atoms with van der Waals surface area (Å²) in [7, 11) is 0. The first-order chi connectivity index (χ1) is 17.4. The number of fused-ring (bicyclic) bond motifs is 2. The van der Waals surface area contributed by atoms with Crippen molar-refractivity contribution in [1.29, 1.82) is 0 Å². The van der Waals surface area contributed by atoms with Crippen molar-refractivity contribution in [3.63, 3.8) is 0 Å². The van der Waals surface area contributed by atoms with Gasteiger partial charge in [0.15, 0.2) is 0 Å². The summed E-state index contributed by atoms with van der Waals surface area (Å²) >= 11 is 16.0. The van der Waals surface area contributed by atoms with Gasteiger partial charge in [0.25, 0.3) is 5.56 Å². The highest BCUT2D eigenvalue weighted by Gasteiger charge is 2.13. The van der Waals surface area contributed by atoms with Crippen LogP contribution in [0.15, 0.2) is 81.2 Å². The number of nitrogens with zero attached hydrogens (tertiary/aromatic N) is 4. The molecule has 2 aromatic heterocycles. The molecular weight excluding hydrogens is 559 g/mol. The Balaban J connectivity index is 1.59. The van der Waals surface area contributed by atoms with E-state index in [1.165, 1.54) is 4.68 Å². The molecule has 0 aliphatic rings. The Labute approximate surface area is 227 Å². The molecule has 5 aromatic rings. The Morgan fingerprint density at radius 3 is 2.69 bits per heavy atom. The minimum absolute atomic E-state index is 0.180. The second-order valence-corrected chi connectivity index (χ2v) is 10.4. The predicted octanol–water partition coefficient (Wildman–Crippen LogP) is 7.69. The number of halogens is 3. The summed E-state index contributed by atoms with van der Waals surface area (Å²) in [6.45, 7) is 2.70. The van der Waals surface area contributed by atoms with Gasteiger partial charge in [0.2, 0.25) is 0 Å². The summed E-state index contributed by atoms with van der Waals surface area (Å²) in [5.74, 6) is 0.657. The summed E-state index contributed by atoms with van der Waals surface area (Å²) in [6, 6.07) is 19.2. The first-order valence-electron chi connectivity index (χ1n) is 11.7. The summed E-state index contributed by atoms with van der Waals surface area (Å²) < 4.78 is 4.39. The first-order valence-corrected chi connectivity index (χ1v) is 13.3. The van der Waals surface area contributed by atoms with Crippen molar-refractivity contribution in [1.82, 2.24) is 14.2 Å². The van der Waals surface area contributed by atoms with Crippen LogP contribution in [0.4, 0.5) is 0 Å². The predicted molar refractivity (Wildman–Crippen MR) is 153 cm³/mol. The van der Waals surface area contributed by atoms with E-state index in [4.69, 9.17) is 28.2 Å². The van der Waals surface area contributed by atoms with Crippen LogP contribution < -0.4 is 5.56 Å². The molecule has 0 unspecified atom stereocenters. The normalized spacial score (nSPS) is 11.8. The third kappa shape index (κ3) is 4.99. The van der Waals surface area contributed by atoms with E-state index >= 15 is 0 Å². The second-order valence-electron chi connectivity index (χ2n) is 8.62. The Hall–Kier alpha value is -2.93. The Kier molecular flexibility index (Phi) is 7.28. The lowest BCUT2D eigenvalue weighted by atomic mass is 10.2. The highest BCUT2D eigenvalue weighted by molar-refractivity contribution is 9.10. The SMILES string of the molecule is CCCCc1nc2ccc(Br)cc2c(=O)n1N=Cc1cn(Cc2ccc(Cl)cc2Cl)c2ccccc12. The van der Waals surface area contributed by atoms with Gasteiger partial charge in [-0.25, -0.2) is 4.98 Å². The zero-order valence-electron chi connectivity index (χ0n) is 19.6. The molecule has 0 atom stereocenters. The van der Waals surface area contributed by atoms with Crippen molar-refractivity contribution in [2.24, 2.45) is 5.10 Å². The van der Waals surface area contributed by atoms with Crippen LogP contribution in [0.2, 0.25) is 10.0 Å². The van der Waals surface area contributed by atoms with Gasteiger partial charge in [-0.2, -0.15) is 9.78 Å². The highest BCUT2D eigenvalue weighted by atomic mass is 79.9. The number of hydrogen-bond acceptors (Lipinski definition) is 3. The average molecular weight is 582 g/mol. The number of rotatable bonds is 7. The quantitative estimate of drug-likeness (QED) is 0.185. The molecule has 0 radical (unpaired) electrons. The number of aryl methyl sites for hydroxylation is 1. The van der Waals surface area contributed by atoms with E-state index in [2.05, 4.69) is 38.6 Å². The summed E-state index contributed by atoms with van der Waals surface area (Å²) in [5.41, 5.74) is 3.41. The maximum Gasteiger partial charge on any atom is 0.282 e. The van der Waals surface area contributed by atoms with Gasteiger partial charge in [-0.1, -0.05) is 76.7 Å². The molecule has 0 bridgehead atoms. The molecule has 0 fully saturated rings. The topological polar surface area (TPSA) is 52.2 Å². The summed E-state index contributed by atoms with van der Waals surface area (Å²) in [5, 5.41) is 7.44. The zero-order valence-corrected chi connectivity index (χ0v) is 22.7. The molecule has 182 valence electrons. The van der Waals surface area contributed by atoms with Crippen molar-refractivity contribution in [2.45, 2.75) is 32.7 Å². The van der Waals surface area contributed by atoms with Crippen molar-refractivity contribution in [3.05, 3.63) is 109 Å². The van der Waals surface area contributed by atoms with E-state index in [-0.39, 0.29) is 5.56 Å². The van der Waals surface area contributed by atoms with Gasteiger partial charge in [-0.15, -0.1) is 0 Å². The molecule has 0 saturated heterocycles. The van der Waals surface area contributed by atoms with Crippen LogP contribution in [-0.2, 0) is 13.0 Å². The zero-order chi connectivity index (χ0) is 25.2. The molecule has 2 heterocycles. The number of benzene rings is 3. The van der Waals surface area contributed by atoms with Crippen molar-refractivity contribution in [2.75, 3.05) is 0 Å². The third-order valence-corrected chi connectivity index (χ3v) is 7.20. The molecule has 0 spiro atoms. The minimum Gasteiger partial charge on any atom is -0.342 e. The Bertz CT molecular complexity index is 1670. The number of para-hydroxylation sites is 1. The monoisotopic (exact) mass is 580 g/mol. The van der Waals surface area contributed by atoms with E-state index < -0.39 is 0 Å². The molecule has 0 aliphatic carbocycles. The van der Waals surface area contributed by atoms with Gasteiger partial charge >= 0.3 is 0 Å². The van der Waals surface area contributed by atoms with Crippen LogP contribution in [-0.4, -0.2) is 20.4 Å². The van der Waals surface area contributed by atoms with Gasteiger partial charge in [0, 0.05) is 50.1 Å². The molecule has 0 aliphatic heterocycles. The number of aromatic nitrogens is 3. The summed E-state index contributed by atoms with van der Waals surface area (Å²) in [6.07, 6.45) is 6.36. The molecule has 5 rings (SSSR count). The largest absolute Gasteiger partial charge is 0.342 e. The van der Waals surface area contributed by atoms with Gasteiger partial charge in [0.1, 0.15) is 5.82 Å². The summed E-state index contributed by atoms with van der Waals surface area (Å²) in [4.78, 5) is 18.2. The van der Waals surface area contributed by atoms with E-state index in [9.17, 15) is 4.79 Å². The highest BCUT2D eigenvalue weighted by Crippen LogP contribution is 2.26. The number of unbranched alkanes of at least 4 members (excludes halogenated alkanes) is 1. The van der Waals surface area contributed by atoms with Gasteiger partial charge in [-0.3, -0.25) is 4.79 Å². The molecule has 0 amide bonds. The fraction of sp³-hybridized carbons (Fsp3) is 0.179. The van der Waals surface area contributed by atoms with Crippen LogP contribution in [0.25, 0.3) is 21.8 Å². The standard InChI is InChI=1S/C28H23BrCl2N4O/c1-2-3-8-27-33-25-12-10-20(29)13-23(25)28(36)35(27)32-15-19-17-34(26-7-5-4-6-22(19)26)16-18-9-11-21(30)14-24(18)31/h4-7,9-15,17H,2-3,8,16H2,1H3. The molecule has 36 heavy (non-hydrogen) atoms. The Morgan fingerprint density at radius 2 is 1.89 bits per heavy atom. The van der Waals surface area contributed by atoms with Crippen LogP contribution in [0, 0.1) is 0 Å². The minimum atomic E-state index is -0.180. The fourth-order valence-electron chi connectivity index (χ4n) is 4.27. The van der Waals surface area contributed by atoms with Crippen molar-refractivity contribution in [3.8, 4) is 0 Å². The number of hydrogen-bond donors (Lipinski definition) is 0. The van der Waals surface area contributed by atoms with E-state index in [0.717, 1.165) is 39.3 Å². The Morgan fingerprint density at radius 1 is 1.06 bits per heavy atom. The van der Waals surface area contributed by atoms with Gasteiger partial charge in [-0.05, 0) is 48.4 Å². The van der Waals surface area contributed by atoms with E-state index in [1.54, 1.807) is 18.3 Å². The molecular formula is C28H23BrCl2N4O. The fourth-order valence-corrected chi connectivity index (χ4v) is 5.10. The maximum absolute atomic E-state index is 13.4. The first kappa shape index (κ1) is 24.8. The van der Waals surface area contributed by atoms with Crippen molar-refractivity contribution >= 4 is 67.2 Å². The van der Waals surface area contributed by atoms with E-state index in [1.807, 2.05) is 48.7 Å². The second kappa shape index (κ2) is 10.6. The maximum atomic E-state index is 13.4. The van der Waals surface area contributed by atoms with Gasteiger partial charge in [0.05, 0.1) is 17.1 Å². The van der Waals surface area contributed by atoms with Crippen LogP contribution in [0.3, 0.4) is 0 Å². The van der Waals surface area contributed by atoms with Crippen molar-refractivity contribution < 1.29 is 0 Å². The lowest BCUT2D eigenvalue weighted by Gasteiger charge is -2.09. The van der Waals surface area contributed by atoms with Crippen LogP contribution >= 0.6 is 39.1 Å². The molecule has 0 N–H and O–H groups in total. The lowest BCUT2D eigenvalue weighted by molar-refractivity contribution is 0.675. The van der Waals surface area contributed by atoms with Crippen LogP contribution in [0.1, 0.15) is 36.7 Å². The average Bonchev–Trinajstić information content (AvgIpc) is 3.22. The molecule has 8 heteroatoms.